The standard InChI is InChI=1S/C22H24F4N6O2/c1-21(2,34)9-14-4-3-7-31(14)20(33)16-8-17-15(11-27-16)19(30-32(17)12-22(24,25)26)29-18-6-5-13(23)10-28-18/h5-6,8,10-11,14,34H,3-4,7,9,12H2,1-2H3,(H,28,29,30)/t14-/m1/s1. The van der Waals surface area contributed by atoms with Gasteiger partial charge in [0, 0.05) is 18.8 Å². The maximum Gasteiger partial charge on any atom is 0.408 e. The Balaban J connectivity index is 1.69. The van der Waals surface area contributed by atoms with Crippen molar-refractivity contribution in [2.75, 3.05) is 11.9 Å². The van der Waals surface area contributed by atoms with Crippen LogP contribution in [-0.2, 0) is 6.54 Å². The van der Waals surface area contributed by atoms with Crippen molar-refractivity contribution in [2.24, 2.45) is 0 Å². The van der Waals surface area contributed by atoms with Crippen LogP contribution >= 0.6 is 0 Å². The number of pyridine rings is 2. The molecule has 1 fully saturated rings. The Morgan fingerprint density at radius 2 is 2.00 bits per heavy atom. The number of nitrogens with one attached hydrogen (secondary N) is 1. The number of amides is 1. The molecule has 0 bridgehead atoms. The molecule has 3 aromatic heterocycles. The van der Waals surface area contributed by atoms with Crippen LogP contribution in [0, 0.1) is 5.82 Å². The number of rotatable bonds is 6. The highest BCUT2D eigenvalue weighted by molar-refractivity contribution is 5.98. The van der Waals surface area contributed by atoms with Gasteiger partial charge in [-0.05, 0) is 51.3 Å². The number of aliphatic hydroxyl groups is 1. The van der Waals surface area contributed by atoms with Gasteiger partial charge in [-0.25, -0.2) is 9.37 Å². The fourth-order valence-corrected chi connectivity index (χ4v) is 4.18. The molecule has 0 spiro atoms. The Hall–Kier alpha value is -3.28. The predicted octanol–water partition coefficient (Wildman–Crippen LogP) is 4.04. The lowest BCUT2D eigenvalue weighted by molar-refractivity contribution is -0.141. The predicted molar refractivity (Wildman–Crippen MR) is 116 cm³/mol. The van der Waals surface area contributed by atoms with E-state index in [-0.39, 0.29) is 34.3 Å². The van der Waals surface area contributed by atoms with Crippen molar-refractivity contribution in [3.63, 3.8) is 0 Å². The van der Waals surface area contributed by atoms with Crippen LogP contribution in [0.2, 0.25) is 0 Å². The van der Waals surface area contributed by atoms with Gasteiger partial charge in [0.1, 0.15) is 23.9 Å². The van der Waals surface area contributed by atoms with E-state index in [2.05, 4.69) is 20.4 Å². The second-order valence-corrected chi connectivity index (χ2v) is 9.01. The topological polar surface area (TPSA) is 96.2 Å². The minimum atomic E-state index is -4.55. The molecule has 0 aromatic carbocycles. The summed E-state index contributed by atoms with van der Waals surface area (Å²) in [4.78, 5) is 22.8. The van der Waals surface area contributed by atoms with Crippen molar-refractivity contribution in [1.82, 2.24) is 24.6 Å². The van der Waals surface area contributed by atoms with E-state index in [0.717, 1.165) is 29.8 Å². The molecule has 1 saturated heterocycles. The maximum atomic E-state index is 13.2. The van der Waals surface area contributed by atoms with E-state index in [1.807, 2.05) is 0 Å². The van der Waals surface area contributed by atoms with E-state index in [1.54, 1.807) is 18.7 Å². The molecule has 2 N–H and O–H groups in total. The van der Waals surface area contributed by atoms with Crippen molar-refractivity contribution in [2.45, 2.75) is 57.5 Å². The first-order valence-corrected chi connectivity index (χ1v) is 10.7. The molecule has 0 unspecified atom stereocenters. The van der Waals surface area contributed by atoms with Gasteiger partial charge in [0.05, 0.1) is 22.7 Å². The lowest BCUT2D eigenvalue weighted by Gasteiger charge is -2.29. The summed E-state index contributed by atoms with van der Waals surface area (Å²) >= 11 is 0. The first kappa shape index (κ1) is 23.9. The number of carbonyl (C=O) groups is 1. The van der Waals surface area contributed by atoms with Gasteiger partial charge in [-0.2, -0.15) is 18.3 Å². The summed E-state index contributed by atoms with van der Waals surface area (Å²) in [5, 5.41) is 17.2. The summed E-state index contributed by atoms with van der Waals surface area (Å²) in [6, 6.07) is 3.58. The Labute approximate surface area is 192 Å². The number of nitrogens with zero attached hydrogens (tertiary/aromatic N) is 5. The molecule has 182 valence electrons. The number of carbonyl (C=O) groups excluding carboxylic acids is 1. The summed E-state index contributed by atoms with van der Waals surface area (Å²) < 4.78 is 53.5. The van der Waals surface area contributed by atoms with Crippen LogP contribution in [0.5, 0.6) is 0 Å². The minimum Gasteiger partial charge on any atom is -0.390 e. The van der Waals surface area contributed by atoms with Gasteiger partial charge in [-0.3, -0.25) is 14.5 Å². The molecule has 12 heteroatoms. The molecular formula is C22H24F4N6O2. The average molecular weight is 480 g/mol. The second-order valence-electron chi connectivity index (χ2n) is 9.01. The Morgan fingerprint density at radius 3 is 2.65 bits per heavy atom. The van der Waals surface area contributed by atoms with E-state index in [0.29, 0.717) is 13.0 Å². The number of hydrogen-bond donors (Lipinski definition) is 2. The smallest absolute Gasteiger partial charge is 0.390 e. The number of fused-ring (bicyclic) bond motifs is 1. The van der Waals surface area contributed by atoms with Crippen molar-refractivity contribution in [3.8, 4) is 0 Å². The SMILES string of the molecule is CC(C)(O)C[C@H]1CCCN1C(=O)c1cc2c(cn1)c(Nc1ccc(F)cn1)nn2CC(F)(F)F. The summed E-state index contributed by atoms with van der Waals surface area (Å²) in [5.74, 6) is -0.742. The average Bonchev–Trinajstić information content (AvgIpc) is 3.31. The Morgan fingerprint density at radius 1 is 1.24 bits per heavy atom. The fraction of sp³-hybridized carbons (Fsp3) is 0.455. The summed E-state index contributed by atoms with van der Waals surface area (Å²) in [7, 11) is 0. The third-order valence-electron chi connectivity index (χ3n) is 5.53. The normalized spacial score (nSPS) is 16.9. The highest BCUT2D eigenvalue weighted by Crippen LogP contribution is 2.30. The minimum absolute atomic E-state index is 0.00933. The van der Waals surface area contributed by atoms with Crippen LogP contribution in [-0.4, -0.2) is 60.0 Å². The number of hydrogen-bond acceptors (Lipinski definition) is 6. The molecule has 8 nitrogen and oxygen atoms in total. The van der Waals surface area contributed by atoms with Gasteiger partial charge < -0.3 is 15.3 Å². The molecule has 1 amide bonds. The van der Waals surface area contributed by atoms with E-state index in [1.165, 1.54) is 18.3 Å². The van der Waals surface area contributed by atoms with E-state index < -0.39 is 30.0 Å². The van der Waals surface area contributed by atoms with E-state index >= 15 is 0 Å². The van der Waals surface area contributed by atoms with Gasteiger partial charge in [-0.1, -0.05) is 0 Å². The van der Waals surface area contributed by atoms with E-state index in [9.17, 15) is 27.5 Å². The van der Waals surface area contributed by atoms with Crippen molar-refractivity contribution in [3.05, 3.63) is 42.1 Å². The molecule has 0 aliphatic carbocycles. The second kappa shape index (κ2) is 8.82. The Bertz CT molecular complexity index is 1190. The maximum absolute atomic E-state index is 13.2. The van der Waals surface area contributed by atoms with Gasteiger partial charge in [0.15, 0.2) is 5.82 Å². The van der Waals surface area contributed by atoms with Crippen molar-refractivity contribution in [1.29, 1.82) is 0 Å². The molecule has 1 aliphatic rings. The zero-order valence-electron chi connectivity index (χ0n) is 18.6. The quantitative estimate of drug-likeness (QED) is 0.517. The molecule has 4 rings (SSSR count). The molecule has 0 saturated carbocycles. The van der Waals surface area contributed by atoms with Crippen molar-refractivity contribution >= 4 is 28.4 Å². The first-order valence-electron chi connectivity index (χ1n) is 10.7. The van der Waals surface area contributed by atoms with Crippen LogP contribution < -0.4 is 5.32 Å². The van der Waals surface area contributed by atoms with Crippen LogP contribution in [0.1, 0.15) is 43.6 Å². The molecular weight excluding hydrogens is 456 g/mol. The summed E-state index contributed by atoms with van der Waals surface area (Å²) in [5.41, 5.74) is -0.908. The van der Waals surface area contributed by atoms with Crippen LogP contribution in [0.25, 0.3) is 10.9 Å². The molecule has 34 heavy (non-hydrogen) atoms. The molecule has 0 radical (unpaired) electrons. The summed E-state index contributed by atoms with van der Waals surface area (Å²) in [6.07, 6.45) is -0.430. The molecule has 1 aliphatic heterocycles. The largest absolute Gasteiger partial charge is 0.408 e. The van der Waals surface area contributed by atoms with Gasteiger partial charge in [-0.15, -0.1) is 0 Å². The molecule has 3 aromatic rings. The number of aromatic nitrogens is 4. The van der Waals surface area contributed by atoms with Crippen LogP contribution in [0.3, 0.4) is 0 Å². The van der Waals surface area contributed by atoms with Gasteiger partial charge >= 0.3 is 6.18 Å². The number of anilines is 2. The zero-order chi connectivity index (χ0) is 24.7. The molecule has 1 atom stereocenters. The third kappa shape index (κ3) is 5.44. The highest BCUT2D eigenvalue weighted by Gasteiger charge is 2.34. The van der Waals surface area contributed by atoms with Crippen LogP contribution in [0.4, 0.5) is 29.2 Å². The number of alkyl halides is 3. The summed E-state index contributed by atoms with van der Waals surface area (Å²) in [6.45, 7) is 2.44. The lowest BCUT2D eigenvalue weighted by atomic mass is 9.97. The monoisotopic (exact) mass is 480 g/mol. The van der Waals surface area contributed by atoms with E-state index in [4.69, 9.17) is 0 Å². The van der Waals surface area contributed by atoms with Gasteiger partial charge in [0.25, 0.3) is 5.91 Å². The van der Waals surface area contributed by atoms with Crippen LogP contribution in [0.15, 0.2) is 30.6 Å². The number of likely N-dealkylation sites (tertiary alicyclic amines) is 1. The lowest BCUT2D eigenvalue weighted by Crippen LogP contribution is -2.40. The van der Waals surface area contributed by atoms with Crippen molar-refractivity contribution < 1.29 is 27.5 Å². The molecule has 4 heterocycles. The highest BCUT2D eigenvalue weighted by atomic mass is 19.4. The zero-order valence-corrected chi connectivity index (χ0v) is 18.6. The van der Waals surface area contributed by atoms with Gasteiger partial charge in [0.2, 0.25) is 0 Å². The number of halogens is 4. The third-order valence-corrected chi connectivity index (χ3v) is 5.53. The Kier molecular flexibility index (Phi) is 6.19. The first-order chi connectivity index (χ1) is 15.9. The fourth-order valence-electron chi connectivity index (χ4n) is 4.18.